The van der Waals surface area contributed by atoms with Crippen molar-refractivity contribution >= 4 is 29.2 Å². The maximum Gasteiger partial charge on any atom is 0.337 e. The Bertz CT molecular complexity index is 1080. The van der Waals surface area contributed by atoms with Crippen LogP contribution < -0.4 is 10.6 Å². The van der Waals surface area contributed by atoms with Crippen molar-refractivity contribution in [2.24, 2.45) is 0 Å². The fourth-order valence-corrected chi connectivity index (χ4v) is 2.64. The van der Waals surface area contributed by atoms with Gasteiger partial charge in [0.1, 0.15) is 0 Å². The summed E-state index contributed by atoms with van der Waals surface area (Å²) in [6.07, 6.45) is 2.76. The van der Waals surface area contributed by atoms with E-state index >= 15 is 0 Å². The van der Waals surface area contributed by atoms with E-state index in [0.717, 1.165) is 5.56 Å². The zero-order chi connectivity index (χ0) is 20.8. The largest absolute Gasteiger partial charge is 0.465 e. The normalized spacial score (nSPS) is 10.1. The van der Waals surface area contributed by atoms with Gasteiger partial charge in [-0.1, -0.05) is 24.3 Å². The van der Waals surface area contributed by atoms with Crippen LogP contribution >= 0.6 is 0 Å². The Labute approximate surface area is 167 Å². The maximum absolute atomic E-state index is 12.6. The van der Waals surface area contributed by atoms with Gasteiger partial charge in [-0.3, -0.25) is 14.6 Å². The first-order valence-electron chi connectivity index (χ1n) is 8.79. The fourth-order valence-electron chi connectivity index (χ4n) is 2.64. The Morgan fingerprint density at radius 3 is 2.21 bits per heavy atom. The first-order valence-corrected chi connectivity index (χ1v) is 8.79. The van der Waals surface area contributed by atoms with Crippen LogP contribution in [0.3, 0.4) is 0 Å². The Morgan fingerprint density at radius 2 is 1.52 bits per heavy atom. The molecule has 2 aromatic carbocycles. The van der Waals surface area contributed by atoms with Crippen molar-refractivity contribution < 1.29 is 19.1 Å². The summed E-state index contributed by atoms with van der Waals surface area (Å²) in [6.45, 7) is 1.89. The molecular weight excluding hydrogens is 370 g/mol. The van der Waals surface area contributed by atoms with Crippen molar-refractivity contribution in [3.8, 4) is 0 Å². The van der Waals surface area contributed by atoms with Crippen LogP contribution in [0.2, 0.25) is 0 Å². The SMILES string of the molecule is COC(=O)c1cccc(NC(=O)c2cncc(C(=O)Nc3ccccc3C)c2)c1. The first kappa shape index (κ1) is 19.8. The number of nitrogens with zero attached hydrogens (tertiary/aromatic N) is 1. The Balaban J connectivity index is 1.75. The number of anilines is 2. The van der Waals surface area contributed by atoms with E-state index < -0.39 is 11.9 Å². The molecule has 29 heavy (non-hydrogen) atoms. The third-order valence-electron chi connectivity index (χ3n) is 4.20. The van der Waals surface area contributed by atoms with Gasteiger partial charge in [-0.25, -0.2) is 4.79 Å². The highest BCUT2D eigenvalue weighted by molar-refractivity contribution is 6.08. The molecule has 0 aliphatic heterocycles. The van der Waals surface area contributed by atoms with Gasteiger partial charge >= 0.3 is 5.97 Å². The van der Waals surface area contributed by atoms with E-state index in [9.17, 15) is 14.4 Å². The summed E-state index contributed by atoms with van der Waals surface area (Å²) in [5, 5.41) is 5.49. The highest BCUT2D eigenvalue weighted by Gasteiger charge is 2.13. The number of aryl methyl sites for hydroxylation is 1. The molecule has 7 nitrogen and oxygen atoms in total. The topological polar surface area (TPSA) is 97.4 Å². The van der Waals surface area contributed by atoms with Crippen molar-refractivity contribution in [1.29, 1.82) is 0 Å². The molecule has 7 heteroatoms. The van der Waals surface area contributed by atoms with Crippen LogP contribution in [0.5, 0.6) is 0 Å². The van der Waals surface area contributed by atoms with Crippen molar-refractivity contribution in [3.05, 3.63) is 89.2 Å². The fraction of sp³-hybridized carbons (Fsp3) is 0.0909. The Morgan fingerprint density at radius 1 is 0.828 bits per heavy atom. The number of para-hydroxylation sites is 1. The van der Waals surface area contributed by atoms with Crippen molar-refractivity contribution in [1.82, 2.24) is 4.98 Å². The molecule has 0 saturated heterocycles. The number of nitrogens with one attached hydrogen (secondary N) is 2. The van der Waals surface area contributed by atoms with Crippen LogP contribution in [0.25, 0.3) is 0 Å². The lowest BCUT2D eigenvalue weighted by Crippen LogP contribution is -2.16. The monoisotopic (exact) mass is 389 g/mol. The van der Waals surface area contributed by atoms with Gasteiger partial charge in [-0.15, -0.1) is 0 Å². The van der Waals surface area contributed by atoms with Gasteiger partial charge in [0.15, 0.2) is 0 Å². The third-order valence-corrected chi connectivity index (χ3v) is 4.20. The average Bonchev–Trinajstić information content (AvgIpc) is 2.75. The minimum absolute atomic E-state index is 0.214. The molecule has 0 aliphatic carbocycles. The standard InChI is InChI=1S/C22H19N3O4/c1-14-6-3-4-9-19(14)25-21(27)17-10-16(12-23-13-17)20(26)24-18-8-5-7-15(11-18)22(28)29-2/h3-13H,1-2H3,(H,24,26)(H,25,27). The lowest BCUT2D eigenvalue weighted by atomic mass is 10.1. The molecule has 1 aromatic heterocycles. The summed E-state index contributed by atoms with van der Waals surface area (Å²) in [5.74, 6) is -1.32. The van der Waals surface area contributed by atoms with Gasteiger partial charge in [0.05, 0.1) is 23.8 Å². The number of carbonyl (C=O) groups is 3. The zero-order valence-electron chi connectivity index (χ0n) is 15.9. The van der Waals surface area contributed by atoms with E-state index in [4.69, 9.17) is 0 Å². The first-order chi connectivity index (χ1) is 14.0. The summed E-state index contributed by atoms with van der Waals surface area (Å²) < 4.78 is 4.67. The summed E-state index contributed by atoms with van der Waals surface area (Å²) in [6, 6.07) is 15.2. The van der Waals surface area contributed by atoms with Gasteiger partial charge in [0.2, 0.25) is 0 Å². The number of rotatable bonds is 5. The van der Waals surface area contributed by atoms with Crippen LogP contribution in [0.4, 0.5) is 11.4 Å². The van der Waals surface area contributed by atoms with E-state index in [1.165, 1.54) is 31.6 Å². The van der Waals surface area contributed by atoms with Crippen LogP contribution in [0.1, 0.15) is 36.6 Å². The zero-order valence-corrected chi connectivity index (χ0v) is 15.9. The van der Waals surface area contributed by atoms with Gasteiger partial charge < -0.3 is 15.4 Å². The Hall–Kier alpha value is -4.00. The van der Waals surface area contributed by atoms with Crippen LogP contribution in [0, 0.1) is 6.92 Å². The molecule has 2 N–H and O–H groups in total. The highest BCUT2D eigenvalue weighted by Crippen LogP contribution is 2.16. The molecule has 0 spiro atoms. The van der Waals surface area contributed by atoms with Gasteiger partial charge in [-0.2, -0.15) is 0 Å². The number of methoxy groups -OCH3 is 1. The second-order valence-corrected chi connectivity index (χ2v) is 6.26. The second kappa shape index (κ2) is 8.79. The summed E-state index contributed by atoms with van der Waals surface area (Å²) >= 11 is 0. The molecule has 2 amide bonds. The molecule has 0 radical (unpaired) electrons. The van der Waals surface area contributed by atoms with Crippen LogP contribution in [0.15, 0.2) is 67.0 Å². The number of esters is 1. The quantitative estimate of drug-likeness (QED) is 0.649. The lowest BCUT2D eigenvalue weighted by Gasteiger charge is -2.09. The Kier molecular flexibility index (Phi) is 5.99. The van der Waals surface area contributed by atoms with Crippen molar-refractivity contribution in [3.63, 3.8) is 0 Å². The maximum atomic E-state index is 12.6. The molecule has 0 fully saturated rings. The van der Waals surface area contributed by atoms with Gasteiger partial charge in [0.25, 0.3) is 11.8 Å². The smallest absolute Gasteiger partial charge is 0.337 e. The number of hydrogen-bond acceptors (Lipinski definition) is 5. The molecule has 0 bridgehead atoms. The molecular formula is C22H19N3O4. The third kappa shape index (κ3) is 4.84. The van der Waals surface area contributed by atoms with Gasteiger partial charge in [0, 0.05) is 23.8 Å². The summed E-state index contributed by atoms with van der Waals surface area (Å²) in [7, 11) is 1.28. The minimum Gasteiger partial charge on any atom is -0.465 e. The van der Waals surface area contributed by atoms with E-state index in [1.54, 1.807) is 24.3 Å². The molecule has 146 valence electrons. The number of benzene rings is 2. The predicted octanol–water partition coefficient (Wildman–Crippen LogP) is 3.68. The lowest BCUT2D eigenvalue weighted by molar-refractivity contribution is 0.0600. The predicted molar refractivity (Wildman–Crippen MR) is 109 cm³/mol. The molecule has 3 aromatic rings. The van der Waals surface area contributed by atoms with Gasteiger partial charge in [-0.05, 0) is 42.8 Å². The molecule has 3 rings (SSSR count). The van der Waals surface area contributed by atoms with E-state index in [-0.39, 0.29) is 17.0 Å². The van der Waals surface area contributed by atoms with Crippen molar-refractivity contribution in [2.75, 3.05) is 17.7 Å². The minimum atomic E-state index is -0.502. The number of carbonyl (C=O) groups excluding carboxylic acids is 3. The second-order valence-electron chi connectivity index (χ2n) is 6.26. The number of aromatic nitrogens is 1. The summed E-state index contributed by atoms with van der Waals surface area (Å²) in [5.41, 5.74) is 2.82. The van der Waals surface area contributed by atoms with Crippen LogP contribution in [-0.2, 0) is 4.74 Å². The van der Waals surface area contributed by atoms with E-state index in [1.807, 2.05) is 25.1 Å². The number of hydrogen-bond donors (Lipinski definition) is 2. The number of pyridine rings is 1. The molecule has 0 aliphatic rings. The summed E-state index contributed by atoms with van der Waals surface area (Å²) in [4.78, 5) is 40.7. The molecule has 0 saturated carbocycles. The average molecular weight is 389 g/mol. The molecule has 0 atom stereocenters. The highest BCUT2D eigenvalue weighted by atomic mass is 16.5. The van der Waals surface area contributed by atoms with E-state index in [2.05, 4.69) is 20.4 Å². The van der Waals surface area contributed by atoms with E-state index in [0.29, 0.717) is 16.9 Å². The molecule has 0 unspecified atom stereocenters. The number of ether oxygens (including phenoxy) is 1. The van der Waals surface area contributed by atoms with Crippen molar-refractivity contribution in [2.45, 2.75) is 6.92 Å². The molecule has 1 heterocycles. The van der Waals surface area contributed by atoms with Crippen LogP contribution in [-0.4, -0.2) is 29.9 Å². The number of amides is 2.